The molecule has 0 spiro atoms. The summed E-state index contributed by atoms with van der Waals surface area (Å²) >= 11 is 0. The maximum atomic E-state index is 10.5. The Morgan fingerprint density at radius 3 is 2.74 bits per heavy atom. The van der Waals surface area contributed by atoms with Crippen LogP contribution in [0.25, 0.3) is 10.8 Å². The minimum Gasteiger partial charge on any atom is -0.388 e. The van der Waals surface area contributed by atoms with Crippen molar-refractivity contribution in [3.63, 3.8) is 0 Å². The van der Waals surface area contributed by atoms with E-state index in [0.29, 0.717) is 6.54 Å². The Bertz CT molecular complexity index is 556. The van der Waals surface area contributed by atoms with Gasteiger partial charge in [-0.2, -0.15) is 0 Å². The Morgan fingerprint density at radius 2 is 1.89 bits per heavy atom. The minimum absolute atomic E-state index is 0.559. The normalized spacial score (nSPS) is 18.4. The molecule has 19 heavy (non-hydrogen) atoms. The van der Waals surface area contributed by atoms with Crippen molar-refractivity contribution in [3.8, 4) is 0 Å². The maximum Gasteiger partial charge on any atom is 0.133 e. The summed E-state index contributed by atoms with van der Waals surface area (Å²) in [6, 6.07) is 10.2. The van der Waals surface area contributed by atoms with E-state index in [1.807, 2.05) is 24.4 Å². The molecule has 2 N–H and O–H groups in total. The molecule has 0 atom stereocenters. The molecule has 0 radical (unpaired) electrons. The van der Waals surface area contributed by atoms with Crippen molar-refractivity contribution in [1.82, 2.24) is 4.98 Å². The van der Waals surface area contributed by atoms with Crippen LogP contribution in [0.5, 0.6) is 0 Å². The Morgan fingerprint density at radius 1 is 1.11 bits per heavy atom. The minimum atomic E-state index is -0.559. The molecular formula is C16H20N2O. The first kappa shape index (κ1) is 12.4. The molecule has 1 saturated carbocycles. The van der Waals surface area contributed by atoms with Crippen LogP contribution >= 0.6 is 0 Å². The zero-order chi connectivity index (χ0) is 13.1. The van der Waals surface area contributed by atoms with E-state index in [2.05, 4.69) is 22.4 Å². The highest BCUT2D eigenvalue weighted by molar-refractivity contribution is 5.91. The first-order valence-corrected chi connectivity index (χ1v) is 7.07. The van der Waals surface area contributed by atoms with Crippen molar-refractivity contribution in [2.75, 3.05) is 11.9 Å². The van der Waals surface area contributed by atoms with Gasteiger partial charge < -0.3 is 10.4 Å². The lowest BCUT2D eigenvalue weighted by Gasteiger charge is -2.32. The van der Waals surface area contributed by atoms with Crippen molar-refractivity contribution < 1.29 is 5.11 Å². The molecule has 1 aliphatic rings. The van der Waals surface area contributed by atoms with Gasteiger partial charge in [-0.25, -0.2) is 4.98 Å². The third-order valence-electron chi connectivity index (χ3n) is 4.04. The predicted molar refractivity (Wildman–Crippen MR) is 78.3 cm³/mol. The maximum absolute atomic E-state index is 10.5. The van der Waals surface area contributed by atoms with Crippen molar-refractivity contribution >= 4 is 16.6 Å². The fraction of sp³-hybridized carbons (Fsp3) is 0.438. The predicted octanol–water partition coefficient (Wildman–Crippen LogP) is 3.34. The van der Waals surface area contributed by atoms with Crippen LogP contribution in [0.3, 0.4) is 0 Å². The second-order valence-electron chi connectivity index (χ2n) is 5.52. The van der Waals surface area contributed by atoms with Crippen molar-refractivity contribution in [1.29, 1.82) is 0 Å². The highest BCUT2D eigenvalue weighted by atomic mass is 16.3. The lowest BCUT2D eigenvalue weighted by Crippen LogP contribution is -2.38. The second kappa shape index (κ2) is 5.17. The van der Waals surface area contributed by atoms with Crippen LogP contribution < -0.4 is 5.32 Å². The quantitative estimate of drug-likeness (QED) is 0.885. The van der Waals surface area contributed by atoms with Crippen molar-refractivity contribution in [2.24, 2.45) is 0 Å². The van der Waals surface area contributed by atoms with Crippen LogP contribution in [-0.4, -0.2) is 22.2 Å². The molecule has 1 aromatic heterocycles. The Hall–Kier alpha value is -1.61. The second-order valence-corrected chi connectivity index (χ2v) is 5.52. The number of benzene rings is 1. The summed E-state index contributed by atoms with van der Waals surface area (Å²) in [5.74, 6) is 0.872. The van der Waals surface area contributed by atoms with Crippen LogP contribution in [0.15, 0.2) is 36.5 Å². The fourth-order valence-electron chi connectivity index (χ4n) is 2.90. The molecule has 1 aliphatic carbocycles. The molecule has 3 heteroatoms. The summed E-state index contributed by atoms with van der Waals surface area (Å²) < 4.78 is 0. The number of nitrogens with one attached hydrogen (secondary N) is 1. The lowest BCUT2D eigenvalue weighted by atomic mass is 9.85. The molecule has 0 aliphatic heterocycles. The molecule has 0 saturated heterocycles. The van der Waals surface area contributed by atoms with Gasteiger partial charge >= 0.3 is 0 Å². The van der Waals surface area contributed by atoms with Gasteiger partial charge in [0.25, 0.3) is 0 Å². The van der Waals surface area contributed by atoms with Gasteiger partial charge in [-0.05, 0) is 24.3 Å². The highest BCUT2D eigenvalue weighted by Crippen LogP contribution is 2.29. The SMILES string of the molecule is OC1(CNc2nccc3ccccc23)CCCCC1. The topological polar surface area (TPSA) is 45.1 Å². The summed E-state index contributed by atoms with van der Waals surface area (Å²) in [7, 11) is 0. The first-order chi connectivity index (χ1) is 9.27. The Labute approximate surface area is 113 Å². The lowest BCUT2D eigenvalue weighted by molar-refractivity contribution is 0.0167. The Kier molecular flexibility index (Phi) is 3.38. The molecule has 1 fully saturated rings. The van der Waals surface area contributed by atoms with E-state index < -0.39 is 5.60 Å². The van der Waals surface area contributed by atoms with E-state index in [-0.39, 0.29) is 0 Å². The molecule has 1 heterocycles. The van der Waals surface area contributed by atoms with Crippen LogP contribution in [0.4, 0.5) is 5.82 Å². The van der Waals surface area contributed by atoms with Gasteiger partial charge in [-0.1, -0.05) is 43.5 Å². The number of fused-ring (bicyclic) bond motifs is 1. The number of nitrogens with zero attached hydrogens (tertiary/aromatic N) is 1. The largest absolute Gasteiger partial charge is 0.388 e. The number of rotatable bonds is 3. The van der Waals surface area contributed by atoms with Gasteiger partial charge in [0.1, 0.15) is 5.82 Å². The van der Waals surface area contributed by atoms with Gasteiger partial charge in [-0.15, -0.1) is 0 Å². The van der Waals surface area contributed by atoms with Gasteiger partial charge in [-0.3, -0.25) is 0 Å². The molecule has 3 nitrogen and oxygen atoms in total. The summed E-state index contributed by atoms with van der Waals surface area (Å²) in [5, 5.41) is 16.1. The van der Waals surface area contributed by atoms with Crippen molar-refractivity contribution in [2.45, 2.75) is 37.7 Å². The van der Waals surface area contributed by atoms with E-state index in [4.69, 9.17) is 0 Å². The number of aromatic nitrogens is 1. The van der Waals surface area contributed by atoms with E-state index in [0.717, 1.165) is 36.9 Å². The summed E-state index contributed by atoms with van der Waals surface area (Å²) in [5.41, 5.74) is -0.559. The van der Waals surface area contributed by atoms with E-state index in [9.17, 15) is 5.11 Å². The molecule has 0 amide bonds. The smallest absolute Gasteiger partial charge is 0.133 e. The molecule has 1 aromatic carbocycles. The van der Waals surface area contributed by atoms with E-state index in [1.165, 1.54) is 11.8 Å². The summed E-state index contributed by atoms with van der Waals surface area (Å²) in [6.45, 7) is 0.591. The van der Waals surface area contributed by atoms with Crippen LogP contribution in [0.2, 0.25) is 0 Å². The number of hydrogen-bond acceptors (Lipinski definition) is 3. The number of aliphatic hydroxyl groups is 1. The molecule has 0 unspecified atom stereocenters. The van der Waals surface area contributed by atoms with Crippen molar-refractivity contribution in [3.05, 3.63) is 36.5 Å². The average molecular weight is 256 g/mol. The standard InChI is InChI=1S/C16H20N2O/c19-16(9-4-1-5-10-16)12-18-15-14-7-3-2-6-13(14)8-11-17-15/h2-3,6-8,11,19H,1,4-5,9-10,12H2,(H,17,18). The van der Waals surface area contributed by atoms with Gasteiger partial charge in [0.2, 0.25) is 0 Å². The summed E-state index contributed by atoms with van der Waals surface area (Å²) in [4.78, 5) is 4.40. The number of hydrogen-bond donors (Lipinski definition) is 2. The van der Waals surface area contributed by atoms with E-state index in [1.54, 1.807) is 0 Å². The van der Waals surface area contributed by atoms with Crippen LogP contribution in [0, 0.1) is 0 Å². The fourth-order valence-corrected chi connectivity index (χ4v) is 2.90. The van der Waals surface area contributed by atoms with Gasteiger partial charge in [0.15, 0.2) is 0 Å². The van der Waals surface area contributed by atoms with Crippen LogP contribution in [0.1, 0.15) is 32.1 Å². The summed E-state index contributed by atoms with van der Waals surface area (Å²) in [6.07, 6.45) is 7.10. The number of pyridine rings is 1. The monoisotopic (exact) mass is 256 g/mol. The average Bonchev–Trinajstić information content (AvgIpc) is 2.46. The first-order valence-electron chi connectivity index (χ1n) is 7.07. The number of anilines is 1. The third-order valence-corrected chi connectivity index (χ3v) is 4.04. The molecular weight excluding hydrogens is 236 g/mol. The molecule has 2 aromatic rings. The molecule has 0 bridgehead atoms. The van der Waals surface area contributed by atoms with Gasteiger partial charge in [0.05, 0.1) is 5.60 Å². The van der Waals surface area contributed by atoms with Crippen LogP contribution in [-0.2, 0) is 0 Å². The molecule has 100 valence electrons. The zero-order valence-corrected chi connectivity index (χ0v) is 11.1. The third kappa shape index (κ3) is 2.71. The Balaban J connectivity index is 1.78. The van der Waals surface area contributed by atoms with Gasteiger partial charge in [0, 0.05) is 18.1 Å². The zero-order valence-electron chi connectivity index (χ0n) is 11.1. The van der Waals surface area contributed by atoms with E-state index >= 15 is 0 Å². The highest BCUT2D eigenvalue weighted by Gasteiger charge is 2.28. The molecule has 3 rings (SSSR count).